The van der Waals surface area contributed by atoms with Crippen molar-refractivity contribution in [2.45, 2.75) is 51.7 Å². The largest absolute Gasteiger partial charge is 0.380 e. The van der Waals surface area contributed by atoms with Crippen molar-refractivity contribution in [3.63, 3.8) is 0 Å². The molecule has 1 aliphatic heterocycles. The van der Waals surface area contributed by atoms with Gasteiger partial charge in [-0.15, -0.1) is 0 Å². The lowest BCUT2D eigenvalue weighted by atomic mass is 10.1. The SMILES string of the molecule is CCCCN1CCCC1C(C)OC. The number of likely N-dealkylation sites (tertiary alicyclic amines) is 1. The molecule has 0 aromatic heterocycles. The molecule has 1 fully saturated rings. The van der Waals surface area contributed by atoms with Gasteiger partial charge in [0.1, 0.15) is 0 Å². The average Bonchev–Trinajstić information content (AvgIpc) is 2.61. The molecule has 0 radical (unpaired) electrons. The normalized spacial score (nSPS) is 26.5. The second-order valence-corrected chi connectivity index (χ2v) is 4.04. The first-order valence-electron chi connectivity index (χ1n) is 5.56. The van der Waals surface area contributed by atoms with E-state index in [1.165, 1.54) is 38.8 Å². The number of hydrogen-bond donors (Lipinski definition) is 0. The Balaban J connectivity index is 2.34. The molecule has 0 aromatic rings. The van der Waals surface area contributed by atoms with E-state index in [1.807, 2.05) is 7.11 Å². The summed E-state index contributed by atoms with van der Waals surface area (Å²) in [7, 11) is 1.82. The zero-order valence-corrected chi connectivity index (χ0v) is 9.25. The van der Waals surface area contributed by atoms with Gasteiger partial charge in [-0.25, -0.2) is 0 Å². The zero-order chi connectivity index (χ0) is 9.68. The van der Waals surface area contributed by atoms with Crippen LogP contribution in [0.5, 0.6) is 0 Å². The van der Waals surface area contributed by atoms with Gasteiger partial charge in [0.05, 0.1) is 6.10 Å². The second-order valence-electron chi connectivity index (χ2n) is 4.04. The molecular weight excluding hydrogens is 162 g/mol. The number of methoxy groups -OCH3 is 1. The molecule has 1 rings (SSSR count). The molecule has 2 unspecified atom stereocenters. The van der Waals surface area contributed by atoms with Crippen LogP contribution in [0.4, 0.5) is 0 Å². The summed E-state index contributed by atoms with van der Waals surface area (Å²) in [6.07, 6.45) is 5.69. The first-order chi connectivity index (χ1) is 6.29. The van der Waals surface area contributed by atoms with Gasteiger partial charge in [-0.2, -0.15) is 0 Å². The topological polar surface area (TPSA) is 12.5 Å². The first kappa shape index (κ1) is 11.0. The summed E-state index contributed by atoms with van der Waals surface area (Å²) in [5, 5.41) is 0. The third kappa shape index (κ3) is 2.96. The maximum Gasteiger partial charge on any atom is 0.0698 e. The molecule has 1 aliphatic rings. The molecule has 2 nitrogen and oxygen atoms in total. The van der Waals surface area contributed by atoms with Gasteiger partial charge in [-0.3, -0.25) is 4.90 Å². The number of ether oxygens (including phenoxy) is 1. The van der Waals surface area contributed by atoms with E-state index in [0.717, 1.165) is 0 Å². The van der Waals surface area contributed by atoms with Gasteiger partial charge >= 0.3 is 0 Å². The Bertz CT molecular complexity index is 138. The molecule has 1 heterocycles. The molecule has 78 valence electrons. The fraction of sp³-hybridized carbons (Fsp3) is 1.00. The summed E-state index contributed by atoms with van der Waals surface area (Å²) < 4.78 is 5.40. The highest BCUT2D eigenvalue weighted by Crippen LogP contribution is 2.21. The maximum atomic E-state index is 5.40. The molecule has 0 spiro atoms. The number of rotatable bonds is 5. The van der Waals surface area contributed by atoms with Crippen molar-refractivity contribution in [2.24, 2.45) is 0 Å². The summed E-state index contributed by atoms with van der Waals surface area (Å²) in [5.41, 5.74) is 0. The smallest absolute Gasteiger partial charge is 0.0698 e. The lowest BCUT2D eigenvalue weighted by Crippen LogP contribution is -2.38. The minimum Gasteiger partial charge on any atom is -0.380 e. The van der Waals surface area contributed by atoms with Gasteiger partial charge in [0.2, 0.25) is 0 Å². The summed E-state index contributed by atoms with van der Waals surface area (Å²) >= 11 is 0. The standard InChI is InChI=1S/C11H23NO/c1-4-5-8-12-9-6-7-11(12)10(2)13-3/h10-11H,4-9H2,1-3H3. The highest BCUT2D eigenvalue weighted by molar-refractivity contribution is 4.83. The maximum absolute atomic E-state index is 5.40. The molecule has 0 saturated carbocycles. The number of hydrogen-bond acceptors (Lipinski definition) is 2. The van der Waals surface area contributed by atoms with Crippen molar-refractivity contribution in [1.29, 1.82) is 0 Å². The fourth-order valence-electron chi connectivity index (χ4n) is 2.18. The Morgan fingerprint density at radius 1 is 1.54 bits per heavy atom. The van der Waals surface area contributed by atoms with E-state index in [1.54, 1.807) is 0 Å². The summed E-state index contributed by atoms with van der Waals surface area (Å²) in [6.45, 7) is 6.98. The van der Waals surface area contributed by atoms with Crippen LogP contribution in [-0.2, 0) is 4.74 Å². The van der Waals surface area contributed by atoms with Gasteiger partial charge < -0.3 is 4.74 Å². The monoisotopic (exact) mass is 185 g/mol. The molecule has 0 bridgehead atoms. The van der Waals surface area contributed by atoms with E-state index < -0.39 is 0 Å². The predicted octanol–water partition coefficient (Wildman–Crippen LogP) is 2.29. The molecule has 0 aromatic carbocycles. The van der Waals surface area contributed by atoms with Crippen molar-refractivity contribution in [2.75, 3.05) is 20.2 Å². The van der Waals surface area contributed by atoms with Gasteiger partial charge in [0.25, 0.3) is 0 Å². The molecule has 0 aliphatic carbocycles. The first-order valence-corrected chi connectivity index (χ1v) is 5.56. The minimum atomic E-state index is 0.402. The van der Waals surface area contributed by atoms with Crippen LogP contribution in [0.3, 0.4) is 0 Å². The Labute approximate surface area is 82.3 Å². The van der Waals surface area contributed by atoms with E-state index in [2.05, 4.69) is 18.7 Å². The fourth-order valence-corrected chi connectivity index (χ4v) is 2.18. The van der Waals surface area contributed by atoms with Crippen molar-refractivity contribution in [1.82, 2.24) is 4.90 Å². The van der Waals surface area contributed by atoms with Crippen LogP contribution in [0.15, 0.2) is 0 Å². The van der Waals surface area contributed by atoms with Crippen LogP contribution in [-0.4, -0.2) is 37.2 Å². The summed E-state index contributed by atoms with van der Waals surface area (Å²) in [5.74, 6) is 0. The summed E-state index contributed by atoms with van der Waals surface area (Å²) in [6, 6.07) is 0.677. The molecule has 2 atom stereocenters. The van der Waals surface area contributed by atoms with E-state index in [9.17, 15) is 0 Å². The Morgan fingerprint density at radius 3 is 2.92 bits per heavy atom. The third-order valence-corrected chi connectivity index (χ3v) is 3.13. The molecule has 0 amide bonds. The molecule has 1 saturated heterocycles. The lowest BCUT2D eigenvalue weighted by molar-refractivity contribution is 0.0435. The number of unbranched alkanes of at least 4 members (excludes halogenated alkanes) is 1. The zero-order valence-electron chi connectivity index (χ0n) is 9.25. The van der Waals surface area contributed by atoms with Crippen LogP contribution in [0.2, 0.25) is 0 Å². The predicted molar refractivity (Wildman–Crippen MR) is 56.0 cm³/mol. The molecular formula is C11H23NO. The van der Waals surface area contributed by atoms with E-state index in [4.69, 9.17) is 4.74 Å². The van der Waals surface area contributed by atoms with Crippen molar-refractivity contribution in [3.8, 4) is 0 Å². The summed E-state index contributed by atoms with van der Waals surface area (Å²) in [4.78, 5) is 2.59. The Hall–Kier alpha value is -0.0800. The molecule has 2 heteroatoms. The molecule has 13 heavy (non-hydrogen) atoms. The van der Waals surface area contributed by atoms with Crippen molar-refractivity contribution >= 4 is 0 Å². The highest BCUT2D eigenvalue weighted by Gasteiger charge is 2.28. The van der Waals surface area contributed by atoms with Gasteiger partial charge in [0.15, 0.2) is 0 Å². The van der Waals surface area contributed by atoms with Crippen LogP contribution in [0, 0.1) is 0 Å². The van der Waals surface area contributed by atoms with Crippen LogP contribution in [0.1, 0.15) is 39.5 Å². The van der Waals surface area contributed by atoms with E-state index >= 15 is 0 Å². The Morgan fingerprint density at radius 2 is 2.31 bits per heavy atom. The highest BCUT2D eigenvalue weighted by atomic mass is 16.5. The molecule has 0 N–H and O–H groups in total. The van der Waals surface area contributed by atoms with E-state index in [-0.39, 0.29) is 0 Å². The van der Waals surface area contributed by atoms with Crippen molar-refractivity contribution in [3.05, 3.63) is 0 Å². The van der Waals surface area contributed by atoms with Crippen molar-refractivity contribution < 1.29 is 4.74 Å². The number of nitrogens with zero attached hydrogens (tertiary/aromatic N) is 1. The van der Waals surface area contributed by atoms with Gasteiger partial charge in [-0.1, -0.05) is 13.3 Å². The van der Waals surface area contributed by atoms with Crippen LogP contribution < -0.4 is 0 Å². The minimum absolute atomic E-state index is 0.402. The van der Waals surface area contributed by atoms with Gasteiger partial charge in [-0.05, 0) is 39.3 Å². The van der Waals surface area contributed by atoms with Gasteiger partial charge in [0, 0.05) is 13.2 Å². The average molecular weight is 185 g/mol. The third-order valence-electron chi connectivity index (χ3n) is 3.13. The van der Waals surface area contributed by atoms with Crippen LogP contribution >= 0.6 is 0 Å². The van der Waals surface area contributed by atoms with E-state index in [0.29, 0.717) is 12.1 Å². The quantitative estimate of drug-likeness (QED) is 0.651. The lowest BCUT2D eigenvalue weighted by Gasteiger charge is -2.28. The second kappa shape index (κ2) is 5.61. The Kier molecular flexibility index (Phi) is 4.74. The van der Waals surface area contributed by atoms with Crippen LogP contribution in [0.25, 0.3) is 0 Å².